The van der Waals surface area contributed by atoms with Gasteiger partial charge in [-0.2, -0.15) is 0 Å². The van der Waals surface area contributed by atoms with Crippen LogP contribution in [0.15, 0.2) is 83.0 Å². The Morgan fingerprint density at radius 3 is 0.391 bits per heavy atom. The molecule has 6 saturated carbocycles. The zero-order valence-electron chi connectivity index (χ0n) is 94.6. The third-order valence-corrected chi connectivity index (χ3v) is 31.3. The van der Waals surface area contributed by atoms with Crippen molar-refractivity contribution in [3.05, 3.63) is 194 Å². The molecule has 6 fully saturated rings. The van der Waals surface area contributed by atoms with E-state index in [9.17, 15) is 0 Å². The van der Waals surface area contributed by atoms with Gasteiger partial charge in [0.2, 0.25) is 0 Å². The fourth-order valence-corrected chi connectivity index (χ4v) is 24.2. The molecule has 1 heteroatoms. The van der Waals surface area contributed by atoms with Gasteiger partial charge >= 0.3 is 0 Å². The minimum atomic E-state index is 0. The van der Waals surface area contributed by atoms with E-state index < -0.39 is 0 Å². The first kappa shape index (κ1) is 115. The molecule has 724 valence electrons. The van der Waals surface area contributed by atoms with Gasteiger partial charge in [0.15, 0.2) is 0 Å². The largest absolute Gasteiger partial charge is 0.0683 e. The molecule has 0 aromatic heterocycles. The summed E-state index contributed by atoms with van der Waals surface area (Å²) in [7, 11) is 0. The van der Waals surface area contributed by atoms with Gasteiger partial charge in [0.05, 0.1) is 0 Å². The molecule has 12 aliphatic carbocycles. The van der Waals surface area contributed by atoms with Gasteiger partial charge in [0, 0.05) is 21.1 Å². The van der Waals surface area contributed by atoms with Crippen molar-refractivity contribution in [2.45, 2.75) is 560 Å². The fourth-order valence-electron chi connectivity index (χ4n) is 24.2. The molecule has 0 atom stereocenters. The molecule has 5 aromatic carbocycles. The van der Waals surface area contributed by atoms with Crippen molar-refractivity contribution in [1.82, 2.24) is 0 Å². The molecule has 0 nitrogen and oxygen atoms in total. The Morgan fingerprint density at radius 1 is 0.188 bits per heavy atom. The molecule has 0 aliphatic heterocycles. The Balaban J connectivity index is 0.000000265. The predicted molar refractivity (Wildman–Crippen MR) is 573 cm³/mol. The Morgan fingerprint density at radius 2 is 0.305 bits per heavy atom. The Labute approximate surface area is 813 Å². The van der Waals surface area contributed by atoms with Crippen LogP contribution in [0.25, 0.3) is 0 Å². The first-order chi connectivity index (χ1) is 58.2. The third kappa shape index (κ3) is 26.3. The van der Waals surface area contributed by atoms with Gasteiger partial charge in [-0.25, -0.2) is 0 Å². The summed E-state index contributed by atoms with van der Waals surface area (Å²) in [6.07, 6.45) is 36.2. The summed E-state index contributed by atoms with van der Waals surface area (Å²) >= 11 is 0. The zero-order valence-corrected chi connectivity index (χ0v) is 97.6. The molecule has 12 aliphatic rings. The van der Waals surface area contributed by atoms with Crippen molar-refractivity contribution in [2.24, 2.45) is 43.8 Å². The maximum atomic E-state index is 2.43. The summed E-state index contributed by atoms with van der Waals surface area (Å²) in [6.45, 7) is 112. The van der Waals surface area contributed by atoms with Crippen LogP contribution in [0.2, 0.25) is 0 Å². The van der Waals surface area contributed by atoms with Gasteiger partial charge in [-0.1, -0.05) is 430 Å². The maximum absolute atomic E-state index is 2.43. The number of rotatable bonds is 0. The Hall–Kier alpha value is -3.73. The molecule has 5 spiro atoms. The molecular weight excluding hydrogens is 1710 g/mol. The van der Waals surface area contributed by atoms with Crippen molar-refractivity contribution in [3.63, 3.8) is 0 Å². The second kappa shape index (κ2) is 42.1. The quantitative estimate of drug-likeness (QED) is 0.145. The van der Waals surface area contributed by atoms with E-state index in [2.05, 4.69) is 317 Å². The smallest absolute Gasteiger partial charge is 0 e. The number of allylic oxidation sites excluding steroid dienone is 4. The first-order valence-electron chi connectivity index (χ1n) is 53.5. The summed E-state index contributed by atoms with van der Waals surface area (Å²) < 4.78 is 0. The van der Waals surface area contributed by atoms with Crippen LogP contribution >= 0.6 is 0 Å². The van der Waals surface area contributed by atoms with Crippen LogP contribution < -0.4 is 0 Å². The average Bonchev–Trinajstić information content (AvgIpc) is 1.56. The zero-order chi connectivity index (χ0) is 97.4. The van der Waals surface area contributed by atoms with Crippen LogP contribution in [0.5, 0.6) is 0 Å². The fraction of sp³-hybridized carbons (Fsp3) is 0.732. The van der Waals surface area contributed by atoms with Gasteiger partial charge < -0.3 is 0 Å². The molecule has 0 saturated heterocycles. The molecule has 0 radical (unpaired) electrons. The van der Waals surface area contributed by atoms with E-state index in [-0.39, 0.29) is 75.2 Å². The van der Waals surface area contributed by atoms with E-state index in [0.717, 1.165) is 5.92 Å². The van der Waals surface area contributed by atoms with Crippen LogP contribution in [-0.4, -0.2) is 0 Å². The molecular formula is C127H210W. The molecule has 17 rings (SSSR count). The SMILES string of the molecule is CC.CC.CC.CC.CC.CC.CC(C)(C)c1ccc(C(C)(C)C)c2c1CC1(CC1)C2.CC(C)(C)c1ccc(C(C)(C)C)c2c1CC1(CC1)C2.CC(C)(C)c1ccc(C(C)(C)C)c2c1CC1(CCC1)C2.CC(C)(C)c1ccc(C(C)(C)C)c2c1CC1(CCC1)C2.CC(C)(C)c1ccc(C(C)(C)C)c2c1CC1(CCC1)C2.CC1CC2=C(C(C)(C)C)CC(C(C)(C)C)=C2C1.[W]. The molecule has 0 N–H and O–H groups in total. The van der Waals surface area contributed by atoms with Crippen LogP contribution in [0, 0.1) is 43.8 Å². The molecule has 0 amide bonds. The van der Waals surface area contributed by atoms with Crippen molar-refractivity contribution in [2.75, 3.05) is 0 Å². The summed E-state index contributed by atoms with van der Waals surface area (Å²) in [5.41, 5.74) is 46.7. The van der Waals surface area contributed by atoms with Crippen molar-refractivity contribution < 1.29 is 21.1 Å². The number of hydrogen-bond donors (Lipinski definition) is 0. The predicted octanol–water partition coefficient (Wildman–Crippen LogP) is 38.6. The minimum Gasteiger partial charge on any atom is -0.0683 e. The Bertz CT molecular complexity index is 3920. The van der Waals surface area contributed by atoms with E-state index in [1.807, 2.05) is 83.1 Å². The van der Waals surface area contributed by atoms with Crippen molar-refractivity contribution in [1.29, 1.82) is 0 Å². The summed E-state index contributed by atoms with van der Waals surface area (Å²) in [5.74, 6) is 0.856. The first-order valence-corrected chi connectivity index (χ1v) is 53.5. The summed E-state index contributed by atoms with van der Waals surface area (Å²) in [5, 5.41) is 0. The topological polar surface area (TPSA) is 0 Å². The standard InChI is InChI=1S/3C20H30.2C19H28.C17H28.6C2H6.W/c3*1-18(2,3)16-8-9-17(19(4,5)6)15-13-20(10-7-11-20)12-14(15)16;2*1-17(2,3)15-7-8-16(18(4,5)6)14-12-19(9-10-19)11-13(14)15;1-11-8-12-13(9-11)15(17(5,6)7)10-14(12)16(2,3)4;6*1-2;/h3*8-9H,7,10-13H2,1-6H3;2*7-8H,9-12H2,1-6H3;11H,8-10H2,1-7H3;6*1-2H3;. The van der Waals surface area contributed by atoms with E-state index in [1.54, 1.807) is 134 Å². The van der Waals surface area contributed by atoms with Gasteiger partial charge in [-0.05, 0) is 368 Å². The summed E-state index contributed by atoms with van der Waals surface area (Å²) in [4.78, 5) is 0. The van der Waals surface area contributed by atoms with Crippen LogP contribution in [-0.2, 0) is 139 Å². The molecule has 0 heterocycles. The van der Waals surface area contributed by atoms with Gasteiger partial charge in [0.25, 0.3) is 0 Å². The van der Waals surface area contributed by atoms with Gasteiger partial charge in [-0.15, -0.1) is 0 Å². The molecule has 128 heavy (non-hydrogen) atoms. The van der Waals surface area contributed by atoms with E-state index >= 15 is 0 Å². The second-order valence-electron chi connectivity index (χ2n) is 54.0. The normalized spacial score (nSPS) is 19.3. The van der Waals surface area contributed by atoms with Crippen molar-refractivity contribution in [3.8, 4) is 0 Å². The van der Waals surface area contributed by atoms with E-state index in [4.69, 9.17) is 0 Å². The summed E-state index contributed by atoms with van der Waals surface area (Å²) in [6, 6.07) is 24.2. The third-order valence-electron chi connectivity index (χ3n) is 31.3. The average molecular weight is 1920 g/mol. The van der Waals surface area contributed by atoms with Crippen LogP contribution in [0.4, 0.5) is 0 Å². The number of hydrogen-bond acceptors (Lipinski definition) is 0. The number of benzene rings is 5. The maximum Gasteiger partial charge on any atom is 0 e. The van der Waals surface area contributed by atoms with Crippen LogP contribution in [0.1, 0.15) is 553 Å². The monoisotopic (exact) mass is 1920 g/mol. The minimum absolute atomic E-state index is 0. The van der Waals surface area contributed by atoms with Crippen molar-refractivity contribution >= 4 is 0 Å². The Kier molecular flexibility index (Phi) is 37.7. The molecule has 0 bridgehead atoms. The van der Waals surface area contributed by atoms with Gasteiger partial charge in [0.1, 0.15) is 0 Å². The van der Waals surface area contributed by atoms with Crippen LogP contribution in [0.3, 0.4) is 0 Å². The molecule has 0 unspecified atom stereocenters. The second-order valence-corrected chi connectivity index (χ2v) is 54.0. The number of fused-ring (bicyclic) bond motifs is 6. The van der Waals surface area contributed by atoms with E-state index in [1.165, 1.54) is 167 Å². The van der Waals surface area contributed by atoms with E-state index in [0.29, 0.717) is 37.9 Å². The molecule has 5 aromatic rings. The van der Waals surface area contributed by atoms with Gasteiger partial charge in [-0.3, -0.25) is 0 Å².